The minimum absolute atomic E-state index is 0.0983. The van der Waals surface area contributed by atoms with Crippen LogP contribution in [0.5, 0.6) is 5.75 Å². The zero-order valence-electron chi connectivity index (χ0n) is 10.6. The first-order valence-electron chi connectivity index (χ1n) is 5.83. The van der Waals surface area contributed by atoms with E-state index in [1.165, 1.54) is 0 Å². The molecule has 0 aliphatic carbocycles. The zero-order chi connectivity index (χ0) is 13.5. The quantitative estimate of drug-likeness (QED) is 0.835. The number of carbonyl (C=O) groups is 2. The van der Waals surface area contributed by atoms with Gasteiger partial charge in [0.05, 0.1) is 0 Å². The molecule has 3 N–H and O–H groups in total. The molecule has 0 unspecified atom stereocenters. The molecule has 5 heteroatoms. The lowest BCUT2D eigenvalue weighted by Crippen LogP contribution is -2.30. The van der Waals surface area contributed by atoms with E-state index in [9.17, 15) is 9.59 Å². The van der Waals surface area contributed by atoms with Crippen molar-refractivity contribution in [3.05, 3.63) is 29.8 Å². The molecule has 0 atom stereocenters. The molecule has 0 spiro atoms. The predicted octanol–water partition coefficient (Wildman–Crippen LogP) is 1.77. The van der Waals surface area contributed by atoms with Crippen molar-refractivity contribution in [2.45, 2.75) is 26.2 Å². The lowest BCUT2D eigenvalue weighted by atomic mass is 10.0. The van der Waals surface area contributed by atoms with Gasteiger partial charge < -0.3 is 15.8 Å². The Kier molecular flexibility index (Phi) is 5.17. The molecule has 0 aromatic heterocycles. The molecular weight excluding hydrogens is 232 g/mol. The van der Waals surface area contributed by atoms with E-state index >= 15 is 0 Å². The van der Waals surface area contributed by atoms with Crippen molar-refractivity contribution in [2.24, 2.45) is 5.73 Å². The second-order valence-electron chi connectivity index (χ2n) is 4.26. The maximum Gasteiger partial charge on any atom is 0.412 e. The topological polar surface area (TPSA) is 81.4 Å². The van der Waals surface area contributed by atoms with Crippen LogP contribution in [-0.2, 0) is 4.79 Å². The average molecular weight is 250 g/mol. The number of carbonyl (C=O) groups excluding carboxylic acids is 2. The van der Waals surface area contributed by atoms with Crippen molar-refractivity contribution in [1.82, 2.24) is 5.32 Å². The number of amides is 2. The second kappa shape index (κ2) is 6.64. The molecule has 2 amide bonds. The standard InChI is InChI=1S/C13H18N2O3/c1-9(2)10-4-3-5-11(8-10)18-13(17)15-7-6-12(14)16/h3-5,8-9H,6-7H2,1-2H3,(H2,14,16)(H,15,17). The van der Waals surface area contributed by atoms with Crippen LogP contribution in [0.15, 0.2) is 24.3 Å². The number of hydrogen-bond donors (Lipinski definition) is 2. The van der Waals surface area contributed by atoms with Crippen LogP contribution >= 0.6 is 0 Å². The SMILES string of the molecule is CC(C)c1cccc(OC(=O)NCCC(N)=O)c1. The van der Waals surface area contributed by atoms with Gasteiger partial charge in [-0.1, -0.05) is 26.0 Å². The molecular formula is C13H18N2O3. The highest BCUT2D eigenvalue weighted by Gasteiger charge is 2.06. The van der Waals surface area contributed by atoms with Crippen LogP contribution in [0, 0.1) is 0 Å². The van der Waals surface area contributed by atoms with Crippen LogP contribution < -0.4 is 15.8 Å². The summed E-state index contributed by atoms with van der Waals surface area (Å²) < 4.78 is 5.08. The Morgan fingerprint density at radius 3 is 2.72 bits per heavy atom. The minimum Gasteiger partial charge on any atom is -0.410 e. The van der Waals surface area contributed by atoms with Gasteiger partial charge in [-0.05, 0) is 23.6 Å². The largest absolute Gasteiger partial charge is 0.412 e. The summed E-state index contributed by atoms with van der Waals surface area (Å²) in [4.78, 5) is 21.9. The Morgan fingerprint density at radius 1 is 1.39 bits per heavy atom. The van der Waals surface area contributed by atoms with Gasteiger partial charge in [0.25, 0.3) is 0 Å². The molecule has 5 nitrogen and oxygen atoms in total. The third-order valence-electron chi connectivity index (χ3n) is 2.38. The molecule has 0 saturated carbocycles. The number of nitrogens with one attached hydrogen (secondary N) is 1. The highest BCUT2D eigenvalue weighted by molar-refractivity contribution is 5.75. The molecule has 0 aliphatic rings. The molecule has 0 heterocycles. The predicted molar refractivity (Wildman–Crippen MR) is 68.4 cm³/mol. The Hall–Kier alpha value is -2.04. The summed E-state index contributed by atoms with van der Waals surface area (Å²) >= 11 is 0. The van der Waals surface area contributed by atoms with Gasteiger partial charge in [0.1, 0.15) is 5.75 Å². The van der Waals surface area contributed by atoms with Crippen molar-refractivity contribution in [1.29, 1.82) is 0 Å². The molecule has 98 valence electrons. The summed E-state index contributed by atoms with van der Waals surface area (Å²) in [5.41, 5.74) is 6.05. The van der Waals surface area contributed by atoms with E-state index in [1.807, 2.05) is 18.2 Å². The van der Waals surface area contributed by atoms with Crippen molar-refractivity contribution < 1.29 is 14.3 Å². The summed E-state index contributed by atoms with van der Waals surface area (Å²) in [7, 11) is 0. The van der Waals surface area contributed by atoms with E-state index in [0.29, 0.717) is 11.7 Å². The number of benzene rings is 1. The van der Waals surface area contributed by atoms with Crippen molar-refractivity contribution in [2.75, 3.05) is 6.54 Å². The Morgan fingerprint density at radius 2 is 2.11 bits per heavy atom. The van der Waals surface area contributed by atoms with E-state index in [1.54, 1.807) is 6.07 Å². The average Bonchev–Trinajstić information content (AvgIpc) is 2.28. The summed E-state index contributed by atoms with van der Waals surface area (Å²) in [6.45, 7) is 4.30. The zero-order valence-corrected chi connectivity index (χ0v) is 10.6. The fraction of sp³-hybridized carbons (Fsp3) is 0.385. The molecule has 0 fully saturated rings. The monoisotopic (exact) mass is 250 g/mol. The van der Waals surface area contributed by atoms with Gasteiger partial charge >= 0.3 is 6.09 Å². The summed E-state index contributed by atoms with van der Waals surface area (Å²) in [6.07, 6.45) is -0.488. The van der Waals surface area contributed by atoms with E-state index in [2.05, 4.69) is 19.2 Å². The van der Waals surface area contributed by atoms with Crippen molar-refractivity contribution >= 4 is 12.0 Å². The minimum atomic E-state index is -0.586. The van der Waals surface area contributed by atoms with Gasteiger partial charge in [0.15, 0.2) is 0 Å². The van der Waals surface area contributed by atoms with Gasteiger partial charge in [-0.3, -0.25) is 4.79 Å². The smallest absolute Gasteiger partial charge is 0.410 e. The molecule has 18 heavy (non-hydrogen) atoms. The summed E-state index contributed by atoms with van der Waals surface area (Å²) in [5.74, 6) is 0.390. The van der Waals surface area contributed by atoms with Gasteiger partial charge in [-0.25, -0.2) is 4.79 Å². The third kappa shape index (κ3) is 4.86. The fourth-order valence-corrected chi connectivity index (χ4v) is 1.37. The summed E-state index contributed by atoms with van der Waals surface area (Å²) in [5, 5.41) is 2.45. The van der Waals surface area contributed by atoms with Gasteiger partial charge in [-0.15, -0.1) is 0 Å². The van der Waals surface area contributed by atoms with Crippen LogP contribution in [0.4, 0.5) is 4.79 Å². The molecule has 1 rings (SSSR count). The van der Waals surface area contributed by atoms with Gasteiger partial charge in [0, 0.05) is 13.0 Å². The molecule has 0 bridgehead atoms. The number of hydrogen-bond acceptors (Lipinski definition) is 3. The van der Waals surface area contributed by atoms with E-state index < -0.39 is 12.0 Å². The van der Waals surface area contributed by atoms with Gasteiger partial charge in [-0.2, -0.15) is 0 Å². The number of rotatable bonds is 5. The Bertz CT molecular complexity index is 430. The molecule has 0 radical (unpaired) electrons. The second-order valence-corrected chi connectivity index (χ2v) is 4.26. The normalized spacial score (nSPS) is 10.2. The number of primary amides is 1. The fourth-order valence-electron chi connectivity index (χ4n) is 1.37. The van der Waals surface area contributed by atoms with Crippen LogP contribution in [0.2, 0.25) is 0 Å². The number of ether oxygens (including phenoxy) is 1. The maximum atomic E-state index is 11.4. The van der Waals surface area contributed by atoms with Gasteiger partial charge in [0.2, 0.25) is 5.91 Å². The molecule has 1 aromatic carbocycles. The summed E-state index contributed by atoms with van der Waals surface area (Å²) in [6, 6.07) is 7.34. The third-order valence-corrected chi connectivity index (χ3v) is 2.38. The van der Waals surface area contributed by atoms with Crippen molar-refractivity contribution in [3.8, 4) is 5.75 Å². The lowest BCUT2D eigenvalue weighted by molar-refractivity contribution is -0.117. The molecule has 1 aromatic rings. The van der Waals surface area contributed by atoms with E-state index in [4.69, 9.17) is 10.5 Å². The molecule has 0 saturated heterocycles. The first kappa shape index (κ1) is 14.0. The van der Waals surface area contributed by atoms with Crippen LogP contribution in [0.1, 0.15) is 31.7 Å². The first-order chi connectivity index (χ1) is 8.49. The van der Waals surface area contributed by atoms with E-state index in [0.717, 1.165) is 5.56 Å². The maximum absolute atomic E-state index is 11.4. The Balaban J connectivity index is 2.49. The van der Waals surface area contributed by atoms with Crippen LogP contribution in [0.3, 0.4) is 0 Å². The Labute approximate surface area is 106 Å². The molecule has 0 aliphatic heterocycles. The first-order valence-corrected chi connectivity index (χ1v) is 5.83. The van der Waals surface area contributed by atoms with E-state index in [-0.39, 0.29) is 13.0 Å². The highest BCUT2D eigenvalue weighted by Crippen LogP contribution is 2.20. The lowest BCUT2D eigenvalue weighted by Gasteiger charge is -2.09. The van der Waals surface area contributed by atoms with Crippen molar-refractivity contribution in [3.63, 3.8) is 0 Å². The highest BCUT2D eigenvalue weighted by atomic mass is 16.6. The number of nitrogens with two attached hydrogens (primary N) is 1. The van der Waals surface area contributed by atoms with Crippen LogP contribution in [0.25, 0.3) is 0 Å². The van der Waals surface area contributed by atoms with Crippen LogP contribution in [-0.4, -0.2) is 18.5 Å².